The van der Waals surface area contributed by atoms with Gasteiger partial charge < -0.3 is 25.8 Å². The predicted octanol–water partition coefficient (Wildman–Crippen LogP) is 4.91. The molecule has 0 aromatic rings. The Labute approximate surface area is 254 Å². The molecular weight excluding hydrogens is 554 g/mol. The van der Waals surface area contributed by atoms with Gasteiger partial charge in [0.25, 0.3) is 0 Å². The molecule has 11 atom stereocenters. The van der Waals surface area contributed by atoms with E-state index >= 15 is 0 Å². The van der Waals surface area contributed by atoms with Crippen LogP contribution in [0.25, 0.3) is 0 Å². The van der Waals surface area contributed by atoms with Gasteiger partial charge >= 0.3 is 23.9 Å². The Morgan fingerprint density at radius 3 is 2.12 bits per heavy atom. The summed E-state index contributed by atoms with van der Waals surface area (Å²) in [6.07, 6.45) is 8.39. The van der Waals surface area contributed by atoms with E-state index < -0.39 is 60.9 Å². The van der Waals surface area contributed by atoms with Gasteiger partial charge in [-0.05, 0) is 111 Å². The van der Waals surface area contributed by atoms with Gasteiger partial charge in [-0.3, -0.25) is 24.0 Å². The Morgan fingerprint density at radius 1 is 0.814 bits per heavy atom. The number of hydrogen-bond donors (Lipinski definition) is 4. The molecular formula is C33H51NO9. The number of ether oxygens (including phenoxy) is 1. The Balaban J connectivity index is 1.38. The molecule has 0 aromatic heterocycles. The summed E-state index contributed by atoms with van der Waals surface area (Å²) >= 11 is 0. The topological polar surface area (TPSA) is 181 Å². The fraction of sp³-hybridized carbons (Fsp3) is 0.848. The van der Waals surface area contributed by atoms with E-state index in [9.17, 15) is 34.2 Å². The van der Waals surface area contributed by atoms with Gasteiger partial charge in [0.15, 0.2) is 5.78 Å². The van der Waals surface area contributed by atoms with Gasteiger partial charge in [-0.2, -0.15) is 0 Å². The van der Waals surface area contributed by atoms with Crippen LogP contribution in [0.2, 0.25) is 0 Å². The van der Waals surface area contributed by atoms with Crippen molar-refractivity contribution in [3.8, 4) is 0 Å². The molecule has 0 bridgehead atoms. The van der Waals surface area contributed by atoms with Crippen LogP contribution in [0, 0.1) is 52.3 Å². The van der Waals surface area contributed by atoms with E-state index in [1.807, 2.05) is 0 Å². The minimum atomic E-state index is -1.30. The van der Waals surface area contributed by atoms with Crippen molar-refractivity contribution in [2.75, 3.05) is 0 Å². The first-order chi connectivity index (χ1) is 20.2. The number of fused-ring (bicyclic) bond motifs is 5. The van der Waals surface area contributed by atoms with Crippen molar-refractivity contribution in [1.29, 1.82) is 0 Å². The second kappa shape index (κ2) is 13.2. The zero-order chi connectivity index (χ0) is 31.7. The van der Waals surface area contributed by atoms with Crippen LogP contribution in [0.1, 0.15) is 111 Å². The number of carbonyl (C=O) groups excluding carboxylic acids is 2. The summed E-state index contributed by atoms with van der Waals surface area (Å²) in [6.45, 7) is 7.14. The maximum absolute atomic E-state index is 13.1. The molecule has 10 nitrogen and oxygen atoms in total. The number of rotatable bonds is 13. The largest absolute Gasteiger partial charge is 0.481 e. The monoisotopic (exact) mass is 605 g/mol. The highest BCUT2D eigenvalue weighted by Crippen LogP contribution is 2.68. The highest BCUT2D eigenvalue weighted by atomic mass is 16.5. The lowest BCUT2D eigenvalue weighted by molar-refractivity contribution is -0.169. The van der Waals surface area contributed by atoms with Gasteiger partial charge in [-0.15, -0.1) is 0 Å². The first kappa shape index (κ1) is 33.4. The van der Waals surface area contributed by atoms with Crippen LogP contribution in [0.5, 0.6) is 0 Å². The van der Waals surface area contributed by atoms with Crippen LogP contribution in [0.3, 0.4) is 0 Å². The van der Waals surface area contributed by atoms with E-state index in [1.54, 1.807) is 0 Å². The van der Waals surface area contributed by atoms with Gasteiger partial charge in [0.2, 0.25) is 0 Å². The van der Waals surface area contributed by atoms with Crippen molar-refractivity contribution in [1.82, 2.24) is 0 Å². The average molecular weight is 606 g/mol. The summed E-state index contributed by atoms with van der Waals surface area (Å²) < 4.78 is 5.86. The number of carboxylic acid groups (broad SMARTS) is 3. The first-order valence-electron chi connectivity index (χ1n) is 16.3. The third-order valence-electron chi connectivity index (χ3n) is 12.5. The maximum atomic E-state index is 13.1. The number of hydrogen-bond acceptors (Lipinski definition) is 7. The molecule has 4 rings (SSSR count). The van der Waals surface area contributed by atoms with E-state index in [2.05, 4.69) is 20.8 Å². The Kier molecular flexibility index (Phi) is 10.3. The molecule has 4 aliphatic rings. The van der Waals surface area contributed by atoms with Crippen LogP contribution in [-0.4, -0.2) is 57.1 Å². The second-order valence-corrected chi connectivity index (χ2v) is 14.8. The highest BCUT2D eigenvalue weighted by molar-refractivity contribution is 5.91. The van der Waals surface area contributed by atoms with E-state index in [0.29, 0.717) is 41.9 Å². The summed E-state index contributed by atoms with van der Waals surface area (Å²) in [5.74, 6) is -2.43. The number of carboxylic acids is 3. The molecule has 2 unspecified atom stereocenters. The highest BCUT2D eigenvalue weighted by Gasteiger charge is 2.60. The number of esters is 1. The molecule has 0 spiro atoms. The lowest BCUT2D eigenvalue weighted by Crippen LogP contribution is -2.54. The Morgan fingerprint density at radius 2 is 1.47 bits per heavy atom. The molecule has 0 heterocycles. The first-order valence-corrected chi connectivity index (χ1v) is 16.3. The average Bonchev–Trinajstić information content (AvgIpc) is 3.28. The fourth-order valence-electron chi connectivity index (χ4n) is 10.3. The van der Waals surface area contributed by atoms with E-state index in [0.717, 1.165) is 32.1 Å². The third kappa shape index (κ3) is 7.10. The Hall–Kier alpha value is -2.49. The van der Waals surface area contributed by atoms with Gasteiger partial charge in [0.05, 0.1) is 24.8 Å². The number of aliphatic carboxylic acids is 3. The van der Waals surface area contributed by atoms with E-state index in [-0.39, 0.29) is 23.4 Å². The van der Waals surface area contributed by atoms with Crippen molar-refractivity contribution in [3.63, 3.8) is 0 Å². The van der Waals surface area contributed by atoms with Crippen LogP contribution in [0.4, 0.5) is 0 Å². The van der Waals surface area contributed by atoms with Crippen molar-refractivity contribution in [2.24, 2.45) is 58.0 Å². The third-order valence-corrected chi connectivity index (χ3v) is 12.5. The second-order valence-electron chi connectivity index (χ2n) is 14.8. The zero-order valence-corrected chi connectivity index (χ0v) is 26.0. The van der Waals surface area contributed by atoms with E-state index in [4.69, 9.17) is 15.6 Å². The van der Waals surface area contributed by atoms with Crippen LogP contribution in [-0.2, 0) is 28.7 Å². The van der Waals surface area contributed by atoms with Gasteiger partial charge in [-0.1, -0.05) is 20.8 Å². The fourth-order valence-corrected chi connectivity index (χ4v) is 10.3. The minimum Gasteiger partial charge on any atom is -0.481 e. The molecule has 0 saturated heterocycles. The van der Waals surface area contributed by atoms with Crippen molar-refractivity contribution in [3.05, 3.63) is 0 Å². The summed E-state index contributed by atoms with van der Waals surface area (Å²) in [5.41, 5.74) is 6.07. The minimum absolute atomic E-state index is 0.153. The summed E-state index contributed by atoms with van der Waals surface area (Å²) in [5, 5.41) is 27.5. The van der Waals surface area contributed by atoms with Gasteiger partial charge in [-0.25, -0.2) is 0 Å². The molecule has 0 amide bonds. The molecule has 4 saturated carbocycles. The van der Waals surface area contributed by atoms with Crippen molar-refractivity contribution in [2.45, 2.75) is 123 Å². The van der Waals surface area contributed by atoms with Crippen LogP contribution in [0.15, 0.2) is 0 Å². The molecule has 10 heteroatoms. The van der Waals surface area contributed by atoms with Crippen LogP contribution < -0.4 is 5.73 Å². The zero-order valence-electron chi connectivity index (χ0n) is 26.0. The van der Waals surface area contributed by atoms with Gasteiger partial charge in [0.1, 0.15) is 6.10 Å². The van der Waals surface area contributed by atoms with Gasteiger partial charge in [0, 0.05) is 12.8 Å². The van der Waals surface area contributed by atoms with Crippen LogP contribution >= 0.6 is 0 Å². The number of carbonyl (C=O) groups is 5. The number of ketones is 1. The molecule has 0 aromatic carbocycles. The normalized spacial score (nSPS) is 37.1. The predicted molar refractivity (Wildman–Crippen MR) is 157 cm³/mol. The summed E-state index contributed by atoms with van der Waals surface area (Å²) in [6, 6.07) is -1.30. The molecule has 0 aliphatic heterocycles. The lowest BCUT2D eigenvalue weighted by Gasteiger charge is -2.61. The lowest BCUT2D eigenvalue weighted by atomic mass is 9.44. The van der Waals surface area contributed by atoms with Crippen molar-refractivity contribution >= 4 is 29.7 Å². The maximum Gasteiger partial charge on any atom is 0.310 e. The Bertz CT molecular complexity index is 1090. The molecule has 4 aliphatic carbocycles. The molecule has 4 fully saturated rings. The summed E-state index contributed by atoms with van der Waals surface area (Å²) in [7, 11) is 0. The quantitative estimate of drug-likeness (QED) is 0.211. The number of nitrogens with two attached hydrogens (primary N) is 1. The molecule has 0 radical (unpaired) electrons. The molecule has 43 heavy (non-hydrogen) atoms. The standard InChI is InChI=1S/C33H51NO9/c1-18(4-9-28(36)37)23-7-8-24-22-6-5-20-16-21(10-12-32(20,2)25(22)11-13-33(23,24)3)43-31(42)19(15-29(38)39)14-27(35)26(34)17-30(40)41/h18-26H,4-17,34H2,1-3H3,(H,36,37)(H,38,39)(H,40,41)/t18-,19+,20-,21+,22+,23?,24+,25+,26?,32+,33-/m1/s1. The van der Waals surface area contributed by atoms with E-state index in [1.165, 1.54) is 25.7 Å². The van der Waals surface area contributed by atoms with Crippen molar-refractivity contribution < 1.29 is 44.0 Å². The summed E-state index contributed by atoms with van der Waals surface area (Å²) in [4.78, 5) is 59.1. The number of Topliss-reactive ketones (excluding diaryl/α,β-unsaturated/α-hetero) is 1. The smallest absolute Gasteiger partial charge is 0.310 e. The SMILES string of the molecule is C[C@H](CCC(=O)O)C1CC[C@H]2[C@@H]3CC[C@@H]4C[C@@H](OC(=O)[C@H](CC(=O)O)CC(=O)C(N)CC(=O)O)CC[C@]4(C)[C@H]3CC[C@]12C. The molecule has 5 N–H and O–H groups in total. The molecule has 242 valence electrons.